The minimum absolute atomic E-state index is 0.316. The van der Waals surface area contributed by atoms with Gasteiger partial charge in [0.2, 0.25) is 0 Å². The van der Waals surface area contributed by atoms with Crippen molar-refractivity contribution in [2.45, 2.75) is 25.2 Å². The number of pyridine rings is 1. The van der Waals surface area contributed by atoms with Gasteiger partial charge in [-0.3, -0.25) is 4.98 Å². The molecule has 1 aromatic carbocycles. The summed E-state index contributed by atoms with van der Waals surface area (Å²) in [6.45, 7) is 1.84. The second-order valence-electron chi connectivity index (χ2n) is 4.81. The van der Waals surface area contributed by atoms with E-state index in [0.717, 1.165) is 0 Å². The summed E-state index contributed by atoms with van der Waals surface area (Å²) < 4.78 is 40.3. The fourth-order valence-electron chi connectivity index (χ4n) is 2.14. The van der Waals surface area contributed by atoms with Crippen LogP contribution in [0.25, 0.3) is 0 Å². The summed E-state index contributed by atoms with van der Waals surface area (Å²) in [4.78, 5) is 4.01. The van der Waals surface area contributed by atoms with Gasteiger partial charge in [-0.25, -0.2) is 0 Å². The van der Waals surface area contributed by atoms with Crippen molar-refractivity contribution in [2.75, 3.05) is 5.32 Å². The number of alkyl halides is 3. The third-order valence-corrected chi connectivity index (χ3v) is 3.32. The van der Waals surface area contributed by atoms with Crippen LogP contribution >= 0.6 is 0 Å². The highest BCUT2D eigenvalue weighted by molar-refractivity contribution is 5.52. The number of nitriles is 1. The molecule has 120 valence electrons. The van der Waals surface area contributed by atoms with Crippen molar-refractivity contribution in [1.29, 1.82) is 5.26 Å². The van der Waals surface area contributed by atoms with Gasteiger partial charge in [-0.05, 0) is 36.8 Å². The molecule has 7 heteroatoms. The second-order valence-corrected chi connectivity index (χ2v) is 4.81. The molecule has 0 radical (unpaired) electrons. The number of nitrogens with zero attached hydrogens (tertiary/aromatic N) is 2. The molecular formula is C16H14F3N3O. The number of anilines is 1. The van der Waals surface area contributed by atoms with Crippen LogP contribution in [0.5, 0.6) is 5.75 Å². The first-order chi connectivity index (χ1) is 10.9. The summed E-state index contributed by atoms with van der Waals surface area (Å²) in [6.07, 6.45) is -1.09. The third-order valence-electron chi connectivity index (χ3n) is 3.32. The Morgan fingerprint density at radius 3 is 2.39 bits per heavy atom. The van der Waals surface area contributed by atoms with Crippen molar-refractivity contribution in [1.82, 2.24) is 4.98 Å². The number of nitrogens with one attached hydrogen (secondary N) is 1. The van der Waals surface area contributed by atoms with E-state index in [1.165, 1.54) is 24.3 Å². The molecular weight excluding hydrogens is 307 g/mol. The summed E-state index contributed by atoms with van der Waals surface area (Å²) >= 11 is 0. The molecule has 0 saturated heterocycles. The van der Waals surface area contributed by atoms with Gasteiger partial charge in [0.1, 0.15) is 5.75 Å². The Morgan fingerprint density at radius 1 is 1.22 bits per heavy atom. The molecule has 0 aliphatic heterocycles. The van der Waals surface area contributed by atoms with Crippen LogP contribution in [0.15, 0.2) is 48.8 Å². The predicted octanol–water partition coefficient (Wildman–Crippen LogP) is 4.22. The Labute approximate surface area is 131 Å². The van der Waals surface area contributed by atoms with Gasteiger partial charge in [-0.1, -0.05) is 13.0 Å². The molecule has 0 saturated carbocycles. The van der Waals surface area contributed by atoms with E-state index in [9.17, 15) is 18.4 Å². The highest BCUT2D eigenvalue weighted by Crippen LogP contribution is 2.30. The van der Waals surface area contributed by atoms with Crippen LogP contribution in [0.1, 0.15) is 18.9 Å². The highest BCUT2D eigenvalue weighted by Gasteiger charge is 2.32. The molecule has 0 fully saturated rings. The first-order valence-corrected chi connectivity index (χ1v) is 6.84. The van der Waals surface area contributed by atoms with E-state index in [1.54, 1.807) is 24.5 Å². The SMILES string of the molecule is CCC(C#N)(Nc1ccc(OC(F)(F)F)cc1)c1cccnc1. The van der Waals surface area contributed by atoms with Crippen LogP contribution in [0, 0.1) is 11.3 Å². The van der Waals surface area contributed by atoms with E-state index < -0.39 is 11.9 Å². The summed E-state index contributed by atoms with van der Waals surface area (Å²) in [6, 6.07) is 11.0. The Bertz CT molecular complexity index is 680. The van der Waals surface area contributed by atoms with Gasteiger partial charge in [0.05, 0.1) is 6.07 Å². The maximum absolute atomic E-state index is 12.2. The lowest BCUT2D eigenvalue weighted by atomic mass is 9.89. The summed E-state index contributed by atoms with van der Waals surface area (Å²) in [5.74, 6) is -0.316. The average molecular weight is 321 g/mol. The third kappa shape index (κ3) is 4.13. The van der Waals surface area contributed by atoms with Crippen LogP contribution in [-0.4, -0.2) is 11.3 Å². The van der Waals surface area contributed by atoms with Gasteiger partial charge < -0.3 is 10.1 Å². The Hall–Kier alpha value is -2.75. The van der Waals surface area contributed by atoms with Crippen LogP contribution in [0.3, 0.4) is 0 Å². The molecule has 1 N–H and O–H groups in total. The monoisotopic (exact) mass is 321 g/mol. The lowest BCUT2D eigenvalue weighted by Crippen LogP contribution is -2.33. The van der Waals surface area contributed by atoms with Crippen molar-refractivity contribution < 1.29 is 17.9 Å². The molecule has 0 amide bonds. The molecule has 1 heterocycles. The van der Waals surface area contributed by atoms with Crippen LogP contribution in [0.2, 0.25) is 0 Å². The van der Waals surface area contributed by atoms with Gasteiger partial charge in [0, 0.05) is 23.6 Å². The summed E-state index contributed by atoms with van der Waals surface area (Å²) in [5.41, 5.74) is 0.174. The fourth-order valence-corrected chi connectivity index (χ4v) is 2.14. The summed E-state index contributed by atoms with van der Waals surface area (Å²) in [7, 11) is 0. The zero-order valence-electron chi connectivity index (χ0n) is 12.3. The fraction of sp³-hybridized carbons (Fsp3) is 0.250. The number of hydrogen-bond acceptors (Lipinski definition) is 4. The van der Waals surface area contributed by atoms with Gasteiger partial charge in [0.15, 0.2) is 5.54 Å². The van der Waals surface area contributed by atoms with Crippen molar-refractivity contribution in [3.05, 3.63) is 54.4 Å². The normalized spacial score (nSPS) is 13.7. The standard InChI is InChI=1S/C16H14F3N3O/c1-2-15(11-20,12-4-3-9-21-10-12)22-13-5-7-14(8-6-13)23-16(17,18)19/h3-10,22H,2H2,1H3. The molecule has 23 heavy (non-hydrogen) atoms. The van der Waals surface area contributed by atoms with E-state index in [4.69, 9.17) is 0 Å². The van der Waals surface area contributed by atoms with Gasteiger partial charge in [-0.15, -0.1) is 13.2 Å². The maximum atomic E-state index is 12.2. The topological polar surface area (TPSA) is 57.9 Å². The zero-order chi connectivity index (χ0) is 16.9. The Morgan fingerprint density at radius 2 is 1.91 bits per heavy atom. The van der Waals surface area contributed by atoms with Crippen LogP contribution < -0.4 is 10.1 Å². The maximum Gasteiger partial charge on any atom is 0.573 e. The number of benzene rings is 1. The quantitative estimate of drug-likeness (QED) is 0.896. The molecule has 2 aromatic rings. The molecule has 1 atom stereocenters. The zero-order valence-corrected chi connectivity index (χ0v) is 12.3. The number of rotatable bonds is 5. The van der Waals surface area contributed by atoms with E-state index in [0.29, 0.717) is 17.7 Å². The van der Waals surface area contributed by atoms with Crippen molar-refractivity contribution >= 4 is 5.69 Å². The van der Waals surface area contributed by atoms with Gasteiger partial charge in [-0.2, -0.15) is 5.26 Å². The molecule has 1 aromatic heterocycles. The Balaban J connectivity index is 2.23. The molecule has 1 unspecified atom stereocenters. The van der Waals surface area contributed by atoms with Crippen molar-refractivity contribution in [2.24, 2.45) is 0 Å². The smallest absolute Gasteiger partial charge is 0.406 e. The number of hydrogen-bond donors (Lipinski definition) is 1. The first-order valence-electron chi connectivity index (χ1n) is 6.84. The minimum atomic E-state index is -4.73. The molecule has 4 nitrogen and oxygen atoms in total. The number of halogens is 3. The van der Waals surface area contributed by atoms with E-state index in [1.807, 2.05) is 6.92 Å². The van der Waals surface area contributed by atoms with Crippen molar-refractivity contribution in [3.63, 3.8) is 0 Å². The molecule has 0 aliphatic carbocycles. The first kappa shape index (κ1) is 16.6. The molecule has 0 spiro atoms. The molecule has 0 bridgehead atoms. The minimum Gasteiger partial charge on any atom is -0.406 e. The number of aromatic nitrogens is 1. The average Bonchev–Trinajstić information content (AvgIpc) is 2.54. The lowest BCUT2D eigenvalue weighted by Gasteiger charge is -2.28. The van der Waals surface area contributed by atoms with Crippen LogP contribution in [-0.2, 0) is 5.54 Å². The van der Waals surface area contributed by atoms with E-state index >= 15 is 0 Å². The largest absolute Gasteiger partial charge is 0.573 e. The van der Waals surface area contributed by atoms with Crippen LogP contribution in [0.4, 0.5) is 18.9 Å². The molecule has 2 rings (SSSR count). The van der Waals surface area contributed by atoms with Gasteiger partial charge >= 0.3 is 6.36 Å². The van der Waals surface area contributed by atoms with Gasteiger partial charge in [0.25, 0.3) is 0 Å². The molecule has 0 aliphatic rings. The van der Waals surface area contributed by atoms with E-state index in [-0.39, 0.29) is 5.75 Å². The Kier molecular flexibility index (Phi) is 4.74. The van der Waals surface area contributed by atoms with E-state index in [2.05, 4.69) is 21.1 Å². The summed E-state index contributed by atoms with van der Waals surface area (Å²) in [5, 5.41) is 12.6. The second kappa shape index (κ2) is 6.57. The number of ether oxygens (including phenoxy) is 1. The lowest BCUT2D eigenvalue weighted by molar-refractivity contribution is -0.274. The predicted molar refractivity (Wildman–Crippen MR) is 78.6 cm³/mol. The van der Waals surface area contributed by atoms with Crippen molar-refractivity contribution in [3.8, 4) is 11.8 Å². The highest BCUT2D eigenvalue weighted by atomic mass is 19.4.